The lowest BCUT2D eigenvalue weighted by molar-refractivity contribution is 0.0690. The van der Waals surface area contributed by atoms with Crippen molar-refractivity contribution in [3.05, 3.63) is 21.1 Å². The minimum absolute atomic E-state index is 0.118. The summed E-state index contributed by atoms with van der Waals surface area (Å²) in [6.07, 6.45) is 0. The van der Waals surface area contributed by atoms with E-state index in [1.54, 1.807) is 0 Å². The summed E-state index contributed by atoms with van der Waals surface area (Å²) in [4.78, 5) is 10.5. The molecule has 3 N–H and O–H groups in total. The third kappa shape index (κ3) is 1.71. The van der Waals surface area contributed by atoms with Gasteiger partial charge >= 0.3 is 5.97 Å². The number of rotatable bonds is 1. The summed E-state index contributed by atoms with van der Waals surface area (Å²) in [5.74, 6) is -2.64. The molecule has 0 amide bonds. The van der Waals surface area contributed by atoms with Gasteiger partial charge in [-0.15, -0.1) is 0 Å². The molecule has 6 heteroatoms. The summed E-state index contributed by atoms with van der Waals surface area (Å²) in [6, 6.07) is 1.21. The summed E-state index contributed by atoms with van der Waals surface area (Å²) in [7, 11) is 0. The van der Waals surface area contributed by atoms with Gasteiger partial charge in [0.25, 0.3) is 0 Å². The summed E-state index contributed by atoms with van der Waals surface area (Å²) in [5, 5.41) is 26.9. The molecule has 1 aromatic rings. The quantitative estimate of drug-likeness (QED) is 0.729. The molecule has 4 nitrogen and oxygen atoms in total. The second kappa shape index (κ2) is 3.43. The van der Waals surface area contributed by atoms with Crippen molar-refractivity contribution >= 4 is 33.5 Å². The zero-order valence-electron chi connectivity index (χ0n) is 6.08. The van der Waals surface area contributed by atoms with Crippen LogP contribution in [0.5, 0.6) is 11.5 Å². The average Bonchev–Trinajstić information content (AvgIpc) is 2.01. The summed E-state index contributed by atoms with van der Waals surface area (Å²) >= 11 is 8.37. The molecule has 0 spiro atoms. The second-order valence-corrected chi connectivity index (χ2v) is 3.48. The highest BCUT2D eigenvalue weighted by Crippen LogP contribution is 2.39. The van der Waals surface area contributed by atoms with Crippen LogP contribution in [-0.2, 0) is 0 Å². The Labute approximate surface area is 86.5 Å². The number of halogens is 2. The fourth-order valence-electron chi connectivity index (χ4n) is 0.802. The molecule has 0 bridgehead atoms. The van der Waals surface area contributed by atoms with Gasteiger partial charge in [-0.2, -0.15) is 0 Å². The number of phenols is 2. The summed E-state index contributed by atoms with van der Waals surface area (Å²) < 4.78 is 0.118. The van der Waals surface area contributed by atoms with E-state index < -0.39 is 23.0 Å². The number of hydrogen-bond donors (Lipinski definition) is 3. The molecule has 0 aromatic heterocycles. The Morgan fingerprint density at radius 1 is 1.38 bits per heavy atom. The van der Waals surface area contributed by atoms with E-state index in [9.17, 15) is 15.0 Å². The molecule has 0 fully saturated rings. The Kier molecular flexibility index (Phi) is 2.68. The van der Waals surface area contributed by atoms with Crippen LogP contribution in [0.25, 0.3) is 0 Å². The van der Waals surface area contributed by atoms with Crippen LogP contribution in [0.2, 0.25) is 5.02 Å². The van der Waals surface area contributed by atoms with Crippen LogP contribution in [0, 0.1) is 0 Å². The number of hydrogen-bond acceptors (Lipinski definition) is 3. The molecular formula is C7H4BrClO4. The van der Waals surface area contributed by atoms with Crippen LogP contribution in [0.4, 0.5) is 0 Å². The van der Waals surface area contributed by atoms with E-state index in [1.165, 1.54) is 6.07 Å². The third-order valence-corrected chi connectivity index (χ3v) is 2.29. The van der Waals surface area contributed by atoms with Gasteiger partial charge in [-0.25, -0.2) is 4.79 Å². The minimum atomic E-state index is -1.45. The minimum Gasteiger partial charge on any atom is -0.506 e. The van der Waals surface area contributed by atoms with Gasteiger partial charge in [0.2, 0.25) is 0 Å². The van der Waals surface area contributed by atoms with Gasteiger partial charge in [-0.3, -0.25) is 0 Å². The van der Waals surface area contributed by atoms with Gasteiger partial charge in [0.05, 0.1) is 9.50 Å². The standard InChI is InChI=1S/C7H4BrClO4/c8-2-1-3(9)6(11)4(5(2)10)7(12)13/h1,10-11H,(H,12,13). The van der Waals surface area contributed by atoms with Crippen LogP contribution in [0.15, 0.2) is 10.5 Å². The molecule has 0 heterocycles. The van der Waals surface area contributed by atoms with Gasteiger partial charge in [0, 0.05) is 0 Å². The number of benzene rings is 1. The van der Waals surface area contributed by atoms with Gasteiger partial charge < -0.3 is 15.3 Å². The number of aromatic carboxylic acids is 1. The predicted octanol–water partition coefficient (Wildman–Crippen LogP) is 2.21. The highest BCUT2D eigenvalue weighted by molar-refractivity contribution is 9.10. The van der Waals surface area contributed by atoms with Crippen LogP contribution in [0.1, 0.15) is 10.4 Å². The second-order valence-electron chi connectivity index (χ2n) is 2.22. The number of carboxylic acid groups (broad SMARTS) is 1. The molecule has 1 rings (SSSR count). The largest absolute Gasteiger partial charge is 0.506 e. The fourth-order valence-corrected chi connectivity index (χ4v) is 1.56. The first-order chi connectivity index (χ1) is 5.95. The molecule has 0 saturated heterocycles. The van der Waals surface area contributed by atoms with E-state index in [1.807, 2.05) is 0 Å². The Balaban J connectivity index is 3.56. The lowest BCUT2D eigenvalue weighted by Gasteiger charge is -2.05. The van der Waals surface area contributed by atoms with Crippen molar-refractivity contribution in [1.29, 1.82) is 0 Å². The molecule has 13 heavy (non-hydrogen) atoms. The number of carbonyl (C=O) groups is 1. The van der Waals surface area contributed by atoms with E-state index >= 15 is 0 Å². The zero-order chi connectivity index (χ0) is 10.2. The van der Waals surface area contributed by atoms with Gasteiger partial charge in [-0.1, -0.05) is 11.6 Å². The lowest BCUT2D eigenvalue weighted by atomic mass is 10.2. The first-order valence-electron chi connectivity index (χ1n) is 3.08. The molecule has 0 saturated carbocycles. The van der Waals surface area contributed by atoms with Crippen molar-refractivity contribution in [1.82, 2.24) is 0 Å². The van der Waals surface area contributed by atoms with Crippen molar-refractivity contribution in [2.45, 2.75) is 0 Å². The Hall–Kier alpha value is -0.940. The van der Waals surface area contributed by atoms with E-state index in [0.717, 1.165) is 0 Å². The van der Waals surface area contributed by atoms with Crippen molar-refractivity contribution in [2.24, 2.45) is 0 Å². The molecule has 0 radical (unpaired) electrons. The van der Waals surface area contributed by atoms with Crippen molar-refractivity contribution in [2.75, 3.05) is 0 Å². The SMILES string of the molecule is O=C(O)c1c(O)c(Cl)cc(Br)c1O. The van der Waals surface area contributed by atoms with Crippen LogP contribution < -0.4 is 0 Å². The van der Waals surface area contributed by atoms with Crippen LogP contribution in [-0.4, -0.2) is 21.3 Å². The summed E-state index contributed by atoms with van der Waals surface area (Å²) in [6.45, 7) is 0. The zero-order valence-corrected chi connectivity index (χ0v) is 8.43. The van der Waals surface area contributed by atoms with Gasteiger partial charge in [0.15, 0.2) is 5.75 Å². The average molecular weight is 267 g/mol. The first kappa shape index (κ1) is 10.1. The van der Waals surface area contributed by atoms with Gasteiger partial charge in [-0.05, 0) is 22.0 Å². The van der Waals surface area contributed by atoms with Gasteiger partial charge in [0.1, 0.15) is 11.3 Å². The highest BCUT2D eigenvalue weighted by atomic mass is 79.9. The maximum atomic E-state index is 10.5. The first-order valence-corrected chi connectivity index (χ1v) is 4.25. The smallest absolute Gasteiger partial charge is 0.343 e. The lowest BCUT2D eigenvalue weighted by Crippen LogP contribution is -1.98. The van der Waals surface area contributed by atoms with Crippen molar-refractivity contribution < 1.29 is 20.1 Å². The maximum Gasteiger partial charge on any atom is 0.343 e. The Bertz CT molecular complexity index is 351. The van der Waals surface area contributed by atoms with Crippen molar-refractivity contribution in [3.8, 4) is 11.5 Å². The molecule has 70 valence electrons. The van der Waals surface area contributed by atoms with E-state index in [0.29, 0.717) is 0 Å². The topological polar surface area (TPSA) is 77.8 Å². The number of aromatic hydroxyl groups is 2. The Morgan fingerprint density at radius 2 is 1.92 bits per heavy atom. The number of carboxylic acids is 1. The molecule has 0 aliphatic carbocycles. The van der Waals surface area contributed by atoms with E-state index in [-0.39, 0.29) is 9.50 Å². The monoisotopic (exact) mass is 266 g/mol. The fraction of sp³-hybridized carbons (Fsp3) is 0. The van der Waals surface area contributed by atoms with Crippen LogP contribution >= 0.6 is 27.5 Å². The molecular weight excluding hydrogens is 263 g/mol. The third-order valence-electron chi connectivity index (χ3n) is 1.39. The van der Waals surface area contributed by atoms with E-state index in [4.69, 9.17) is 16.7 Å². The molecule has 0 aliphatic heterocycles. The van der Waals surface area contributed by atoms with E-state index in [2.05, 4.69) is 15.9 Å². The molecule has 1 aromatic carbocycles. The summed E-state index contributed by atoms with van der Waals surface area (Å²) in [5.41, 5.74) is -0.612. The molecule has 0 aliphatic rings. The van der Waals surface area contributed by atoms with Crippen LogP contribution in [0.3, 0.4) is 0 Å². The normalized spacial score (nSPS) is 10.0. The predicted molar refractivity (Wildman–Crippen MR) is 49.4 cm³/mol. The maximum absolute atomic E-state index is 10.5. The van der Waals surface area contributed by atoms with Crippen molar-refractivity contribution in [3.63, 3.8) is 0 Å². The molecule has 0 atom stereocenters. The Morgan fingerprint density at radius 3 is 2.38 bits per heavy atom. The highest BCUT2D eigenvalue weighted by Gasteiger charge is 2.20. The molecule has 0 unspecified atom stereocenters.